The van der Waals surface area contributed by atoms with E-state index in [2.05, 4.69) is 27.2 Å². The fourth-order valence-corrected chi connectivity index (χ4v) is 4.49. The molecule has 1 saturated heterocycles. The number of carbonyl (C=O) groups is 2. The Balaban J connectivity index is 1.23. The monoisotopic (exact) mass is 398 g/mol. The molecule has 1 aromatic rings. The van der Waals surface area contributed by atoms with E-state index in [9.17, 15) is 9.59 Å². The van der Waals surface area contributed by atoms with Crippen LogP contribution in [0.4, 0.5) is 4.79 Å². The Labute approximate surface area is 174 Å². The average molecular weight is 399 g/mol. The van der Waals surface area contributed by atoms with Crippen LogP contribution in [0.15, 0.2) is 30.3 Å². The number of piperazine rings is 1. The average Bonchev–Trinajstić information content (AvgIpc) is 3.59. The van der Waals surface area contributed by atoms with E-state index in [1.807, 2.05) is 23.1 Å². The van der Waals surface area contributed by atoms with Crippen molar-refractivity contribution < 1.29 is 9.59 Å². The molecule has 3 aliphatic rings. The van der Waals surface area contributed by atoms with Gasteiger partial charge in [0.15, 0.2) is 0 Å². The highest BCUT2D eigenvalue weighted by Crippen LogP contribution is 2.28. The number of amides is 3. The summed E-state index contributed by atoms with van der Waals surface area (Å²) in [6, 6.07) is 11.1. The molecule has 29 heavy (non-hydrogen) atoms. The highest BCUT2D eigenvalue weighted by molar-refractivity contribution is 5.79. The van der Waals surface area contributed by atoms with Gasteiger partial charge in [0.25, 0.3) is 0 Å². The summed E-state index contributed by atoms with van der Waals surface area (Å²) in [4.78, 5) is 31.7. The zero-order chi connectivity index (χ0) is 20.1. The van der Waals surface area contributed by atoms with E-state index in [-0.39, 0.29) is 11.9 Å². The summed E-state index contributed by atoms with van der Waals surface area (Å²) in [7, 11) is 0. The van der Waals surface area contributed by atoms with E-state index in [4.69, 9.17) is 0 Å². The molecule has 1 N–H and O–H groups in total. The van der Waals surface area contributed by atoms with Crippen molar-refractivity contribution in [3.8, 4) is 0 Å². The predicted molar refractivity (Wildman–Crippen MR) is 113 cm³/mol. The number of benzene rings is 1. The van der Waals surface area contributed by atoms with E-state index < -0.39 is 0 Å². The number of nitrogens with zero attached hydrogens (tertiary/aromatic N) is 3. The largest absolute Gasteiger partial charge is 0.335 e. The molecule has 3 fully saturated rings. The molecule has 6 nitrogen and oxygen atoms in total. The van der Waals surface area contributed by atoms with Crippen LogP contribution in [0.1, 0.15) is 50.5 Å². The topological polar surface area (TPSA) is 55.9 Å². The Kier molecular flexibility index (Phi) is 6.70. The third-order valence-corrected chi connectivity index (χ3v) is 6.45. The zero-order valence-corrected chi connectivity index (χ0v) is 17.4. The normalized spacial score (nSPS) is 21.0. The van der Waals surface area contributed by atoms with E-state index in [0.717, 1.165) is 38.8 Å². The van der Waals surface area contributed by atoms with Gasteiger partial charge in [-0.3, -0.25) is 9.69 Å². The van der Waals surface area contributed by atoms with Gasteiger partial charge in [0.1, 0.15) is 0 Å². The van der Waals surface area contributed by atoms with Gasteiger partial charge < -0.3 is 15.1 Å². The first-order chi connectivity index (χ1) is 14.2. The summed E-state index contributed by atoms with van der Waals surface area (Å²) >= 11 is 0. The first kappa shape index (κ1) is 20.2. The maximum atomic E-state index is 13.0. The number of hydrogen-bond donors (Lipinski definition) is 1. The molecule has 2 aliphatic carbocycles. The first-order valence-corrected chi connectivity index (χ1v) is 11.3. The van der Waals surface area contributed by atoms with Crippen LogP contribution in [0.3, 0.4) is 0 Å². The van der Waals surface area contributed by atoms with E-state index >= 15 is 0 Å². The lowest BCUT2D eigenvalue weighted by Crippen LogP contribution is -2.55. The predicted octanol–water partition coefficient (Wildman–Crippen LogP) is 2.84. The van der Waals surface area contributed by atoms with Crippen molar-refractivity contribution in [3.63, 3.8) is 0 Å². The molecule has 0 aromatic heterocycles. The molecule has 0 unspecified atom stereocenters. The molecule has 1 heterocycles. The van der Waals surface area contributed by atoms with Gasteiger partial charge in [-0.2, -0.15) is 0 Å². The van der Waals surface area contributed by atoms with Crippen molar-refractivity contribution in [2.24, 2.45) is 0 Å². The number of nitrogens with one attached hydrogen (secondary N) is 1. The Hall–Kier alpha value is -2.08. The standard InChI is InChI=1S/C23H34N4O2/c28-22(27(21-11-12-21)17-19-7-3-1-4-8-19)18-25-13-15-26(16-14-25)23(29)24-20-9-5-2-6-10-20/h1,3-4,7-8,20-21H,2,5-6,9-18H2,(H,24,29). The molecule has 2 saturated carbocycles. The van der Waals surface area contributed by atoms with Gasteiger partial charge in [-0.1, -0.05) is 49.6 Å². The van der Waals surface area contributed by atoms with Crippen LogP contribution in [0.2, 0.25) is 0 Å². The van der Waals surface area contributed by atoms with Crippen molar-refractivity contribution in [2.75, 3.05) is 32.7 Å². The van der Waals surface area contributed by atoms with E-state index in [1.165, 1.54) is 24.8 Å². The number of urea groups is 1. The lowest BCUT2D eigenvalue weighted by Gasteiger charge is -2.36. The van der Waals surface area contributed by atoms with Crippen molar-refractivity contribution >= 4 is 11.9 Å². The summed E-state index contributed by atoms with van der Waals surface area (Å²) in [5.41, 5.74) is 1.19. The van der Waals surface area contributed by atoms with Crippen LogP contribution < -0.4 is 5.32 Å². The van der Waals surface area contributed by atoms with Crippen LogP contribution >= 0.6 is 0 Å². The van der Waals surface area contributed by atoms with E-state index in [1.54, 1.807) is 0 Å². The summed E-state index contributed by atoms with van der Waals surface area (Å²) in [6.45, 7) is 4.11. The lowest BCUT2D eigenvalue weighted by atomic mass is 9.96. The Morgan fingerprint density at radius 3 is 2.28 bits per heavy atom. The summed E-state index contributed by atoms with van der Waals surface area (Å²) < 4.78 is 0. The summed E-state index contributed by atoms with van der Waals surface area (Å²) in [5.74, 6) is 0.219. The van der Waals surface area contributed by atoms with Crippen LogP contribution in [-0.4, -0.2) is 71.4 Å². The number of rotatable bonds is 6. The number of carbonyl (C=O) groups excluding carboxylic acids is 2. The van der Waals surface area contributed by atoms with Crippen LogP contribution in [0.5, 0.6) is 0 Å². The minimum atomic E-state index is 0.0755. The molecule has 1 aliphatic heterocycles. The second-order valence-electron chi connectivity index (χ2n) is 8.79. The maximum Gasteiger partial charge on any atom is 0.317 e. The van der Waals surface area contributed by atoms with Crippen molar-refractivity contribution in [3.05, 3.63) is 35.9 Å². The molecule has 3 amide bonds. The third kappa shape index (κ3) is 5.72. The van der Waals surface area contributed by atoms with Crippen molar-refractivity contribution in [1.29, 1.82) is 0 Å². The van der Waals surface area contributed by atoms with Crippen LogP contribution in [-0.2, 0) is 11.3 Å². The van der Waals surface area contributed by atoms with Gasteiger partial charge in [-0.15, -0.1) is 0 Å². The van der Waals surface area contributed by atoms with Crippen molar-refractivity contribution in [2.45, 2.75) is 63.6 Å². The van der Waals surface area contributed by atoms with Gasteiger partial charge >= 0.3 is 6.03 Å². The Morgan fingerprint density at radius 1 is 0.931 bits per heavy atom. The fraction of sp³-hybridized carbons (Fsp3) is 0.652. The highest BCUT2D eigenvalue weighted by Gasteiger charge is 2.33. The molecule has 0 spiro atoms. The second kappa shape index (κ2) is 9.61. The van der Waals surface area contributed by atoms with Gasteiger partial charge in [0.05, 0.1) is 6.54 Å². The quantitative estimate of drug-likeness (QED) is 0.802. The summed E-state index contributed by atoms with van der Waals surface area (Å²) in [5, 5.41) is 3.21. The molecule has 1 aromatic carbocycles. The molecular formula is C23H34N4O2. The third-order valence-electron chi connectivity index (χ3n) is 6.45. The van der Waals surface area contributed by atoms with Gasteiger partial charge in [-0.25, -0.2) is 4.79 Å². The smallest absolute Gasteiger partial charge is 0.317 e. The fourth-order valence-electron chi connectivity index (χ4n) is 4.49. The minimum Gasteiger partial charge on any atom is -0.335 e. The van der Waals surface area contributed by atoms with Gasteiger partial charge in [-0.05, 0) is 31.2 Å². The first-order valence-electron chi connectivity index (χ1n) is 11.3. The highest BCUT2D eigenvalue weighted by atomic mass is 16.2. The number of hydrogen-bond acceptors (Lipinski definition) is 3. The van der Waals surface area contributed by atoms with Crippen LogP contribution in [0.25, 0.3) is 0 Å². The molecule has 158 valence electrons. The molecule has 0 atom stereocenters. The van der Waals surface area contributed by atoms with Gasteiger partial charge in [0.2, 0.25) is 5.91 Å². The lowest BCUT2D eigenvalue weighted by molar-refractivity contribution is -0.134. The molecule has 6 heteroatoms. The maximum absolute atomic E-state index is 13.0. The second-order valence-corrected chi connectivity index (χ2v) is 8.79. The minimum absolute atomic E-state index is 0.0755. The molecule has 0 radical (unpaired) electrons. The van der Waals surface area contributed by atoms with Crippen molar-refractivity contribution in [1.82, 2.24) is 20.0 Å². The SMILES string of the molecule is O=C(NC1CCCCC1)N1CCN(CC(=O)N(Cc2ccccc2)C2CC2)CC1. The van der Waals surface area contributed by atoms with E-state index in [0.29, 0.717) is 38.3 Å². The zero-order valence-electron chi connectivity index (χ0n) is 17.4. The molecule has 4 rings (SSSR count). The Bertz CT molecular complexity index is 677. The molecular weight excluding hydrogens is 364 g/mol. The molecule has 0 bridgehead atoms. The van der Waals surface area contributed by atoms with Gasteiger partial charge in [0, 0.05) is 44.8 Å². The Morgan fingerprint density at radius 2 is 1.62 bits per heavy atom. The summed E-state index contributed by atoms with van der Waals surface area (Å²) in [6.07, 6.45) is 8.20. The van der Waals surface area contributed by atoms with Crippen LogP contribution in [0, 0.1) is 0 Å².